The van der Waals surface area contributed by atoms with Crippen molar-refractivity contribution in [2.24, 2.45) is 11.7 Å². The minimum atomic E-state index is 0.598. The molecule has 1 aromatic heterocycles. The molecule has 1 aliphatic heterocycles. The van der Waals surface area contributed by atoms with Gasteiger partial charge in [-0.05, 0) is 43.7 Å². The molecule has 0 radical (unpaired) electrons. The van der Waals surface area contributed by atoms with Crippen molar-refractivity contribution in [3.63, 3.8) is 0 Å². The number of anilines is 1. The highest BCUT2D eigenvalue weighted by Crippen LogP contribution is 2.19. The first-order valence-electron chi connectivity index (χ1n) is 8.09. The van der Waals surface area contributed by atoms with Crippen LogP contribution in [0, 0.1) is 5.92 Å². The summed E-state index contributed by atoms with van der Waals surface area (Å²) >= 11 is 0. The number of aryl methyl sites for hydroxylation is 1. The fraction of sp³-hybridized carbons (Fsp3) is 0.750. The Labute approximate surface area is 122 Å². The van der Waals surface area contributed by atoms with E-state index in [4.69, 9.17) is 5.73 Å². The van der Waals surface area contributed by atoms with Crippen LogP contribution in [0.25, 0.3) is 0 Å². The van der Waals surface area contributed by atoms with Gasteiger partial charge in [-0.1, -0.05) is 26.2 Å². The zero-order valence-electron chi connectivity index (χ0n) is 12.7. The monoisotopic (exact) mass is 276 g/mol. The normalized spacial score (nSPS) is 19.3. The summed E-state index contributed by atoms with van der Waals surface area (Å²) in [6.45, 7) is 5.08. The van der Waals surface area contributed by atoms with Gasteiger partial charge in [-0.25, -0.2) is 9.97 Å². The van der Waals surface area contributed by atoms with Crippen LogP contribution in [0.3, 0.4) is 0 Å². The smallest absolute Gasteiger partial charge is 0.225 e. The summed E-state index contributed by atoms with van der Waals surface area (Å²) in [5.41, 5.74) is 7.04. The molecule has 2 heterocycles. The molecule has 4 nitrogen and oxygen atoms in total. The summed E-state index contributed by atoms with van der Waals surface area (Å²) in [4.78, 5) is 11.4. The minimum Gasteiger partial charge on any atom is -0.341 e. The topological polar surface area (TPSA) is 55.0 Å². The maximum Gasteiger partial charge on any atom is 0.225 e. The molecule has 0 spiro atoms. The highest BCUT2D eigenvalue weighted by atomic mass is 15.2. The van der Waals surface area contributed by atoms with E-state index in [-0.39, 0.29) is 0 Å². The average Bonchev–Trinajstić information content (AvgIpc) is 2.52. The van der Waals surface area contributed by atoms with Gasteiger partial charge in [-0.3, -0.25) is 0 Å². The van der Waals surface area contributed by atoms with Gasteiger partial charge in [0.15, 0.2) is 0 Å². The predicted octanol–water partition coefficient (Wildman–Crippen LogP) is 2.77. The van der Waals surface area contributed by atoms with Crippen LogP contribution in [0.5, 0.6) is 0 Å². The maximum absolute atomic E-state index is 5.78. The molecule has 2 rings (SSSR count). The van der Waals surface area contributed by atoms with Crippen LogP contribution in [0.15, 0.2) is 12.4 Å². The van der Waals surface area contributed by atoms with Crippen LogP contribution in [-0.4, -0.2) is 29.6 Å². The number of hydrogen-bond acceptors (Lipinski definition) is 4. The van der Waals surface area contributed by atoms with E-state index in [1.807, 2.05) is 12.4 Å². The fourth-order valence-electron chi connectivity index (χ4n) is 2.84. The highest BCUT2D eigenvalue weighted by molar-refractivity contribution is 5.30. The third kappa shape index (κ3) is 4.44. The molecule has 1 fully saturated rings. The van der Waals surface area contributed by atoms with Crippen molar-refractivity contribution in [1.29, 1.82) is 0 Å². The summed E-state index contributed by atoms with van der Waals surface area (Å²) < 4.78 is 0. The van der Waals surface area contributed by atoms with Gasteiger partial charge in [0, 0.05) is 25.5 Å². The molecule has 20 heavy (non-hydrogen) atoms. The maximum atomic E-state index is 5.78. The third-order valence-electron chi connectivity index (χ3n) is 4.15. The second-order valence-electron chi connectivity index (χ2n) is 5.89. The van der Waals surface area contributed by atoms with Gasteiger partial charge in [0.1, 0.15) is 0 Å². The molecule has 112 valence electrons. The lowest BCUT2D eigenvalue weighted by Crippen LogP contribution is -2.39. The van der Waals surface area contributed by atoms with E-state index in [0.29, 0.717) is 5.92 Å². The number of unbranched alkanes of at least 4 members (excludes halogenated alkanes) is 3. The van der Waals surface area contributed by atoms with Gasteiger partial charge < -0.3 is 10.6 Å². The molecule has 1 aliphatic rings. The number of nitrogens with two attached hydrogens (primary N) is 1. The first-order chi connectivity index (χ1) is 9.83. The Balaban J connectivity index is 1.84. The van der Waals surface area contributed by atoms with E-state index in [0.717, 1.165) is 32.0 Å². The number of hydrogen-bond donors (Lipinski definition) is 1. The molecular weight excluding hydrogens is 248 g/mol. The number of piperidine rings is 1. The van der Waals surface area contributed by atoms with Crippen LogP contribution in [0.4, 0.5) is 5.95 Å². The summed E-state index contributed by atoms with van der Waals surface area (Å²) in [6.07, 6.45) is 12.7. The highest BCUT2D eigenvalue weighted by Gasteiger charge is 2.20. The Morgan fingerprint density at radius 3 is 2.75 bits per heavy atom. The molecule has 0 aromatic carbocycles. The zero-order valence-corrected chi connectivity index (χ0v) is 12.7. The van der Waals surface area contributed by atoms with Crippen LogP contribution in [0.1, 0.15) is 51.0 Å². The molecule has 4 heteroatoms. The van der Waals surface area contributed by atoms with Crippen molar-refractivity contribution in [2.45, 2.75) is 51.9 Å². The molecule has 0 aliphatic carbocycles. The van der Waals surface area contributed by atoms with E-state index < -0.39 is 0 Å². The van der Waals surface area contributed by atoms with Crippen molar-refractivity contribution in [3.05, 3.63) is 18.0 Å². The Hall–Kier alpha value is -1.16. The van der Waals surface area contributed by atoms with Crippen molar-refractivity contribution < 1.29 is 0 Å². The van der Waals surface area contributed by atoms with Crippen molar-refractivity contribution >= 4 is 5.95 Å². The van der Waals surface area contributed by atoms with E-state index in [1.54, 1.807) is 0 Å². The zero-order chi connectivity index (χ0) is 14.2. The summed E-state index contributed by atoms with van der Waals surface area (Å²) in [5.74, 6) is 1.47. The second kappa shape index (κ2) is 8.20. The van der Waals surface area contributed by atoms with Gasteiger partial charge in [-0.2, -0.15) is 0 Å². The fourth-order valence-corrected chi connectivity index (χ4v) is 2.84. The largest absolute Gasteiger partial charge is 0.341 e. The third-order valence-corrected chi connectivity index (χ3v) is 4.15. The van der Waals surface area contributed by atoms with E-state index in [2.05, 4.69) is 21.8 Å². The Morgan fingerprint density at radius 1 is 1.25 bits per heavy atom. The second-order valence-corrected chi connectivity index (χ2v) is 5.89. The van der Waals surface area contributed by atoms with Gasteiger partial charge in [0.05, 0.1) is 0 Å². The first-order valence-corrected chi connectivity index (χ1v) is 8.09. The predicted molar refractivity (Wildman–Crippen MR) is 83.9 cm³/mol. The molecule has 0 saturated carbocycles. The minimum absolute atomic E-state index is 0.598. The van der Waals surface area contributed by atoms with Gasteiger partial charge in [0.2, 0.25) is 5.95 Å². The number of nitrogens with zero attached hydrogens (tertiary/aromatic N) is 3. The Morgan fingerprint density at radius 2 is 2.05 bits per heavy atom. The van der Waals surface area contributed by atoms with E-state index >= 15 is 0 Å². The number of rotatable bonds is 7. The lowest BCUT2D eigenvalue weighted by molar-refractivity contribution is 0.419. The van der Waals surface area contributed by atoms with Crippen LogP contribution in [0.2, 0.25) is 0 Å². The van der Waals surface area contributed by atoms with Crippen LogP contribution < -0.4 is 10.6 Å². The lowest BCUT2D eigenvalue weighted by Gasteiger charge is -2.32. The first kappa shape index (κ1) is 15.2. The molecule has 2 N–H and O–H groups in total. The standard InChI is InChI=1S/C16H28N4/c1-2-3-4-5-7-15-11-18-16(19-12-15)20-9-6-8-14(10-17)13-20/h11-12,14H,2-10,13,17H2,1H3. The van der Waals surface area contributed by atoms with Crippen molar-refractivity contribution in [2.75, 3.05) is 24.5 Å². The Kier molecular flexibility index (Phi) is 6.25. The van der Waals surface area contributed by atoms with E-state index in [9.17, 15) is 0 Å². The summed E-state index contributed by atoms with van der Waals surface area (Å²) in [5, 5.41) is 0. The summed E-state index contributed by atoms with van der Waals surface area (Å²) in [6, 6.07) is 0. The molecule has 0 amide bonds. The average molecular weight is 276 g/mol. The Bertz CT molecular complexity index is 377. The molecule has 1 unspecified atom stereocenters. The molecule has 1 saturated heterocycles. The summed E-state index contributed by atoms with van der Waals surface area (Å²) in [7, 11) is 0. The number of aromatic nitrogens is 2. The van der Waals surface area contributed by atoms with Crippen LogP contribution >= 0.6 is 0 Å². The van der Waals surface area contributed by atoms with Crippen LogP contribution in [-0.2, 0) is 6.42 Å². The quantitative estimate of drug-likeness (QED) is 0.778. The molecule has 1 aromatic rings. The SMILES string of the molecule is CCCCCCc1cnc(N2CCCC(CN)C2)nc1. The van der Waals surface area contributed by atoms with Crippen molar-refractivity contribution in [1.82, 2.24) is 9.97 Å². The van der Waals surface area contributed by atoms with Crippen molar-refractivity contribution in [3.8, 4) is 0 Å². The van der Waals surface area contributed by atoms with Gasteiger partial charge in [0.25, 0.3) is 0 Å². The molecule has 0 bridgehead atoms. The molecular formula is C16H28N4. The van der Waals surface area contributed by atoms with Gasteiger partial charge >= 0.3 is 0 Å². The van der Waals surface area contributed by atoms with Gasteiger partial charge in [-0.15, -0.1) is 0 Å². The van der Waals surface area contributed by atoms with E-state index in [1.165, 1.54) is 44.1 Å². The molecule has 1 atom stereocenters. The lowest BCUT2D eigenvalue weighted by atomic mass is 9.99.